The number of rotatable bonds is 3. The van der Waals surface area contributed by atoms with Crippen LogP contribution in [-0.4, -0.2) is 28.3 Å². The highest BCUT2D eigenvalue weighted by atomic mass is 79.9. The molecule has 1 aromatic rings. The van der Waals surface area contributed by atoms with Crippen LogP contribution in [0.3, 0.4) is 0 Å². The van der Waals surface area contributed by atoms with Crippen molar-refractivity contribution in [3.63, 3.8) is 0 Å². The summed E-state index contributed by atoms with van der Waals surface area (Å²) in [5.74, 6) is -0.437. The van der Waals surface area contributed by atoms with Crippen molar-refractivity contribution in [1.82, 2.24) is 5.32 Å². The second-order valence-corrected chi connectivity index (χ2v) is 5.34. The normalized spacial score (nSPS) is 17.3. The maximum absolute atomic E-state index is 11.8. The van der Waals surface area contributed by atoms with Crippen molar-refractivity contribution in [2.24, 2.45) is 0 Å². The van der Waals surface area contributed by atoms with Gasteiger partial charge in [0.2, 0.25) is 0 Å². The molecule has 3 N–H and O–H groups in total. The number of carbonyl (C=O) groups excluding carboxylic acids is 1. The number of aromatic hydroxyl groups is 1. The van der Waals surface area contributed by atoms with Gasteiger partial charge in [0.05, 0.1) is 11.2 Å². The highest BCUT2D eigenvalue weighted by Crippen LogP contribution is 2.30. The van der Waals surface area contributed by atoms with Crippen LogP contribution in [-0.2, 0) is 0 Å². The first-order chi connectivity index (χ1) is 8.00. The molecule has 1 fully saturated rings. The fraction of sp³-hybridized carbons (Fsp3) is 0.417. The number of nitrogens with one attached hydrogen (secondary N) is 1. The summed E-state index contributed by atoms with van der Waals surface area (Å²) in [7, 11) is 0. The van der Waals surface area contributed by atoms with Gasteiger partial charge in [0, 0.05) is 11.0 Å². The van der Waals surface area contributed by atoms with E-state index in [9.17, 15) is 15.0 Å². The average Bonchev–Trinajstić information content (AvgIpc) is 2.23. The van der Waals surface area contributed by atoms with Crippen molar-refractivity contribution in [2.45, 2.75) is 24.9 Å². The molecule has 0 bridgehead atoms. The molecule has 1 aliphatic rings. The monoisotopic (exact) mass is 299 g/mol. The van der Waals surface area contributed by atoms with Crippen molar-refractivity contribution < 1.29 is 15.0 Å². The van der Waals surface area contributed by atoms with E-state index in [1.54, 1.807) is 12.1 Å². The van der Waals surface area contributed by atoms with Crippen LogP contribution in [0.15, 0.2) is 22.7 Å². The molecule has 0 spiro atoms. The Bertz CT molecular complexity index is 443. The smallest absolute Gasteiger partial charge is 0.255 e. The lowest BCUT2D eigenvalue weighted by atomic mass is 9.80. The Balaban J connectivity index is 1.99. The van der Waals surface area contributed by atoms with E-state index >= 15 is 0 Å². The Hall–Kier alpha value is -1.07. The van der Waals surface area contributed by atoms with Crippen LogP contribution in [0.1, 0.15) is 29.6 Å². The summed E-state index contributed by atoms with van der Waals surface area (Å²) in [4.78, 5) is 11.8. The maximum atomic E-state index is 11.8. The van der Waals surface area contributed by atoms with E-state index in [0.29, 0.717) is 4.47 Å². The molecule has 2 rings (SSSR count). The Morgan fingerprint density at radius 2 is 2.18 bits per heavy atom. The zero-order valence-electron chi connectivity index (χ0n) is 9.24. The summed E-state index contributed by atoms with van der Waals surface area (Å²) in [5.41, 5.74) is -0.531. The van der Waals surface area contributed by atoms with Crippen LogP contribution in [0.2, 0.25) is 0 Å². The average molecular weight is 300 g/mol. The first-order valence-corrected chi connectivity index (χ1v) is 6.29. The molecule has 92 valence electrons. The third-order valence-electron chi connectivity index (χ3n) is 3.07. The summed E-state index contributed by atoms with van der Waals surface area (Å²) in [6, 6.07) is 4.69. The highest BCUT2D eigenvalue weighted by molar-refractivity contribution is 9.10. The highest BCUT2D eigenvalue weighted by Gasteiger charge is 2.34. The molecule has 0 aliphatic heterocycles. The third kappa shape index (κ3) is 2.79. The molecule has 5 heteroatoms. The van der Waals surface area contributed by atoms with E-state index < -0.39 is 5.60 Å². The van der Waals surface area contributed by atoms with Crippen molar-refractivity contribution in [3.8, 4) is 5.75 Å². The molecule has 0 aromatic heterocycles. The maximum Gasteiger partial charge on any atom is 0.255 e. The lowest BCUT2D eigenvalue weighted by molar-refractivity contribution is -0.0300. The van der Waals surface area contributed by atoms with Gasteiger partial charge < -0.3 is 15.5 Å². The molecule has 1 aliphatic carbocycles. The van der Waals surface area contributed by atoms with E-state index in [2.05, 4.69) is 21.2 Å². The van der Waals surface area contributed by atoms with Crippen LogP contribution in [0.4, 0.5) is 0 Å². The Morgan fingerprint density at radius 3 is 2.71 bits per heavy atom. The largest absolute Gasteiger partial charge is 0.507 e. The molecule has 1 amide bonds. The van der Waals surface area contributed by atoms with Gasteiger partial charge in [-0.3, -0.25) is 4.79 Å². The van der Waals surface area contributed by atoms with Crippen molar-refractivity contribution in [3.05, 3.63) is 28.2 Å². The summed E-state index contributed by atoms with van der Waals surface area (Å²) >= 11 is 3.20. The van der Waals surface area contributed by atoms with Gasteiger partial charge in [-0.25, -0.2) is 0 Å². The number of hydrogen-bond acceptors (Lipinski definition) is 3. The van der Waals surface area contributed by atoms with Crippen molar-refractivity contribution in [1.29, 1.82) is 0 Å². The lowest BCUT2D eigenvalue weighted by Crippen LogP contribution is -2.47. The number of carbonyl (C=O) groups is 1. The van der Waals surface area contributed by atoms with E-state index in [1.807, 2.05) is 0 Å². The van der Waals surface area contributed by atoms with Gasteiger partial charge in [-0.15, -0.1) is 0 Å². The van der Waals surface area contributed by atoms with Gasteiger partial charge in [0.25, 0.3) is 5.91 Å². The van der Waals surface area contributed by atoms with Gasteiger partial charge in [0.15, 0.2) is 0 Å². The first kappa shape index (κ1) is 12.4. The first-order valence-electron chi connectivity index (χ1n) is 5.49. The quantitative estimate of drug-likeness (QED) is 0.797. The number of benzene rings is 1. The number of amides is 1. The molecule has 4 nitrogen and oxygen atoms in total. The molecular formula is C12H14BrNO3. The predicted molar refractivity (Wildman–Crippen MR) is 66.9 cm³/mol. The van der Waals surface area contributed by atoms with Crippen LogP contribution in [0.25, 0.3) is 0 Å². The Kier molecular flexibility index (Phi) is 3.40. The van der Waals surface area contributed by atoms with Crippen LogP contribution >= 0.6 is 15.9 Å². The molecule has 17 heavy (non-hydrogen) atoms. The van der Waals surface area contributed by atoms with E-state index in [-0.39, 0.29) is 23.8 Å². The van der Waals surface area contributed by atoms with Crippen molar-refractivity contribution in [2.75, 3.05) is 6.54 Å². The number of halogens is 1. The number of phenolic OH excluding ortho intramolecular Hbond substituents is 1. The molecular weight excluding hydrogens is 286 g/mol. The minimum absolute atomic E-state index is 0.0718. The summed E-state index contributed by atoms with van der Waals surface area (Å²) in [6.45, 7) is 0.237. The summed E-state index contributed by atoms with van der Waals surface area (Å²) < 4.78 is 0.712. The van der Waals surface area contributed by atoms with Crippen LogP contribution in [0.5, 0.6) is 5.75 Å². The number of hydrogen-bond donors (Lipinski definition) is 3. The molecule has 1 saturated carbocycles. The minimum Gasteiger partial charge on any atom is -0.507 e. The Labute approximate surface area is 108 Å². The van der Waals surface area contributed by atoms with Gasteiger partial charge >= 0.3 is 0 Å². The van der Waals surface area contributed by atoms with Crippen LogP contribution < -0.4 is 5.32 Å². The Morgan fingerprint density at radius 1 is 1.47 bits per heavy atom. The van der Waals surface area contributed by atoms with Gasteiger partial charge in [-0.1, -0.05) is 15.9 Å². The van der Waals surface area contributed by atoms with Gasteiger partial charge in [-0.05, 0) is 37.5 Å². The molecule has 0 radical (unpaired) electrons. The minimum atomic E-state index is -0.749. The molecule has 0 atom stereocenters. The number of phenols is 1. The van der Waals surface area contributed by atoms with E-state index in [4.69, 9.17) is 0 Å². The SMILES string of the molecule is O=C(NCC1(O)CCC1)c1ccc(Br)cc1O. The zero-order chi connectivity index (χ0) is 12.5. The fourth-order valence-electron chi connectivity index (χ4n) is 1.80. The second-order valence-electron chi connectivity index (χ2n) is 4.42. The predicted octanol–water partition coefficient (Wildman–Crippen LogP) is 1.80. The van der Waals surface area contributed by atoms with Gasteiger partial charge in [0.1, 0.15) is 5.75 Å². The zero-order valence-corrected chi connectivity index (χ0v) is 10.8. The lowest BCUT2D eigenvalue weighted by Gasteiger charge is -2.36. The standard InChI is InChI=1S/C12H14BrNO3/c13-8-2-3-9(10(15)6-8)11(16)14-7-12(17)4-1-5-12/h2-3,6,15,17H,1,4-5,7H2,(H,14,16). The van der Waals surface area contributed by atoms with Gasteiger partial charge in [-0.2, -0.15) is 0 Å². The summed E-state index contributed by atoms with van der Waals surface area (Å²) in [6.07, 6.45) is 2.44. The van der Waals surface area contributed by atoms with Crippen molar-refractivity contribution >= 4 is 21.8 Å². The van der Waals surface area contributed by atoms with E-state index in [1.165, 1.54) is 6.07 Å². The fourth-order valence-corrected chi connectivity index (χ4v) is 2.15. The van der Waals surface area contributed by atoms with E-state index in [0.717, 1.165) is 19.3 Å². The molecule has 1 aromatic carbocycles. The molecule has 0 saturated heterocycles. The third-order valence-corrected chi connectivity index (χ3v) is 3.56. The second kappa shape index (κ2) is 4.66. The van der Waals surface area contributed by atoms with Crippen LogP contribution in [0, 0.1) is 0 Å². The topological polar surface area (TPSA) is 69.6 Å². The summed E-state index contributed by atoms with van der Waals surface area (Å²) in [5, 5.41) is 22.1. The molecule has 0 unspecified atom stereocenters. The number of aliphatic hydroxyl groups is 1. The molecule has 0 heterocycles.